The third-order valence-electron chi connectivity index (χ3n) is 2.66. The van der Waals surface area contributed by atoms with Gasteiger partial charge in [0.1, 0.15) is 11.4 Å². The summed E-state index contributed by atoms with van der Waals surface area (Å²) in [4.78, 5) is 11.8. The number of hydrogen-bond donors (Lipinski definition) is 2. The van der Waals surface area contributed by atoms with Crippen LogP contribution in [0.3, 0.4) is 0 Å². The Hall–Kier alpha value is -1.75. The van der Waals surface area contributed by atoms with Gasteiger partial charge in [0.25, 0.3) is 0 Å². The molecule has 5 heteroatoms. The topological polar surface area (TPSA) is 73.6 Å². The van der Waals surface area contributed by atoms with E-state index in [4.69, 9.17) is 15.2 Å². The van der Waals surface area contributed by atoms with Crippen LogP contribution in [0.15, 0.2) is 24.3 Å². The lowest BCUT2D eigenvalue weighted by Gasteiger charge is -2.23. The molecule has 0 spiro atoms. The van der Waals surface area contributed by atoms with E-state index in [-0.39, 0.29) is 12.6 Å². The van der Waals surface area contributed by atoms with E-state index in [0.717, 1.165) is 17.7 Å². The molecule has 3 N–H and O–H groups in total. The van der Waals surface area contributed by atoms with Crippen LogP contribution in [-0.4, -0.2) is 24.8 Å². The number of nitrogens with two attached hydrogens (primary N) is 1. The molecule has 5 nitrogen and oxygen atoms in total. The van der Waals surface area contributed by atoms with Gasteiger partial charge in [-0.1, -0.05) is 19.1 Å². The molecule has 0 fully saturated rings. The van der Waals surface area contributed by atoms with Crippen LogP contribution in [0.2, 0.25) is 0 Å². The molecular formula is C16H26N2O3. The van der Waals surface area contributed by atoms with Crippen LogP contribution < -0.4 is 15.8 Å². The lowest BCUT2D eigenvalue weighted by atomic mass is 10.1. The Bertz CT molecular complexity index is 455. The third kappa shape index (κ3) is 6.49. The Morgan fingerprint density at radius 3 is 2.67 bits per heavy atom. The monoisotopic (exact) mass is 294 g/mol. The van der Waals surface area contributed by atoms with E-state index in [1.54, 1.807) is 0 Å². The van der Waals surface area contributed by atoms with Crippen molar-refractivity contribution in [1.82, 2.24) is 5.32 Å². The van der Waals surface area contributed by atoms with Gasteiger partial charge in [0.15, 0.2) is 0 Å². The van der Waals surface area contributed by atoms with Crippen molar-refractivity contribution in [2.24, 2.45) is 5.73 Å². The average molecular weight is 294 g/mol. The van der Waals surface area contributed by atoms with Crippen molar-refractivity contribution in [1.29, 1.82) is 0 Å². The van der Waals surface area contributed by atoms with Crippen molar-refractivity contribution in [3.63, 3.8) is 0 Å². The van der Waals surface area contributed by atoms with Crippen LogP contribution in [0.25, 0.3) is 0 Å². The van der Waals surface area contributed by atoms with E-state index in [9.17, 15) is 4.79 Å². The lowest BCUT2D eigenvalue weighted by Crippen LogP contribution is -2.37. The van der Waals surface area contributed by atoms with Crippen LogP contribution in [0.1, 0.15) is 45.7 Å². The molecule has 0 heterocycles. The van der Waals surface area contributed by atoms with Gasteiger partial charge < -0.3 is 20.5 Å². The van der Waals surface area contributed by atoms with E-state index in [2.05, 4.69) is 12.2 Å². The van der Waals surface area contributed by atoms with Crippen LogP contribution in [0.5, 0.6) is 5.75 Å². The molecule has 0 radical (unpaired) electrons. The quantitative estimate of drug-likeness (QED) is 0.846. The maximum absolute atomic E-state index is 11.8. The fraction of sp³-hybridized carbons (Fsp3) is 0.562. The fourth-order valence-electron chi connectivity index (χ4n) is 1.77. The predicted octanol–water partition coefficient (Wildman–Crippen LogP) is 3.00. The smallest absolute Gasteiger partial charge is 0.408 e. The minimum absolute atomic E-state index is 0.288. The molecule has 1 aromatic rings. The maximum Gasteiger partial charge on any atom is 0.408 e. The molecule has 0 saturated heterocycles. The summed E-state index contributed by atoms with van der Waals surface area (Å²) < 4.78 is 10.8. The number of hydrogen-bond acceptors (Lipinski definition) is 4. The third-order valence-corrected chi connectivity index (χ3v) is 2.66. The van der Waals surface area contributed by atoms with Crippen molar-refractivity contribution in [3.05, 3.63) is 29.8 Å². The van der Waals surface area contributed by atoms with Crippen LogP contribution in [0, 0.1) is 0 Å². The fourth-order valence-corrected chi connectivity index (χ4v) is 1.77. The van der Waals surface area contributed by atoms with Crippen molar-refractivity contribution < 1.29 is 14.3 Å². The van der Waals surface area contributed by atoms with Gasteiger partial charge in [-0.2, -0.15) is 0 Å². The number of carbonyl (C=O) groups excluding carboxylic acids is 1. The number of nitrogens with one attached hydrogen (secondary N) is 1. The van der Waals surface area contributed by atoms with Gasteiger partial charge in [-0.05, 0) is 44.9 Å². The van der Waals surface area contributed by atoms with Gasteiger partial charge >= 0.3 is 6.09 Å². The van der Waals surface area contributed by atoms with Gasteiger partial charge in [-0.15, -0.1) is 0 Å². The highest BCUT2D eigenvalue weighted by Crippen LogP contribution is 2.19. The van der Waals surface area contributed by atoms with Crippen molar-refractivity contribution in [2.75, 3.05) is 13.2 Å². The lowest BCUT2D eigenvalue weighted by molar-refractivity contribution is 0.0505. The Morgan fingerprint density at radius 1 is 1.38 bits per heavy atom. The minimum Gasteiger partial charge on any atom is -0.494 e. The molecule has 1 rings (SSSR count). The SMILES string of the molecule is CCCOc1cccc(C(CN)NC(=O)OC(C)(C)C)c1. The second-order valence-corrected chi connectivity index (χ2v) is 5.86. The van der Waals surface area contributed by atoms with E-state index in [1.807, 2.05) is 45.0 Å². The molecule has 1 atom stereocenters. The average Bonchev–Trinajstić information content (AvgIpc) is 2.41. The molecule has 118 valence electrons. The minimum atomic E-state index is -0.532. The first-order valence-corrected chi connectivity index (χ1v) is 7.28. The van der Waals surface area contributed by atoms with Gasteiger partial charge in [0.05, 0.1) is 12.6 Å². The maximum atomic E-state index is 11.8. The number of carbonyl (C=O) groups is 1. The number of benzene rings is 1. The van der Waals surface area contributed by atoms with Gasteiger partial charge in [-0.3, -0.25) is 0 Å². The van der Waals surface area contributed by atoms with Crippen LogP contribution in [-0.2, 0) is 4.74 Å². The molecule has 0 saturated carbocycles. The van der Waals surface area contributed by atoms with E-state index in [1.165, 1.54) is 0 Å². The van der Waals surface area contributed by atoms with Gasteiger partial charge in [0.2, 0.25) is 0 Å². The highest BCUT2D eigenvalue weighted by molar-refractivity contribution is 5.68. The summed E-state index contributed by atoms with van der Waals surface area (Å²) in [6.07, 6.45) is 0.471. The van der Waals surface area contributed by atoms with E-state index in [0.29, 0.717) is 6.61 Å². The molecule has 21 heavy (non-hydrogen) atoms. The summed E-state index contributed by atoms with van der Waals surface area (Å²) in [5.41, 5.74) is 6.12. The number of rotatable bonds is 6. The van der Waals surface area contributed by atoms with Crippen molar-refractivity contribution in [2.45, 2.75) is 45.8 Å². The molecular weight excluding hydrogens is 268 g/mol. The zero-order valence-electron chi connectivity index (χ0n) is 13.3. The van der Waals surface area contributed by atoms with E-state index >= 15 is 0 Å². The molecule has 0 aliphatic carbocycles. The standard InChI is InChI=1S/C16H26N2O3/c1-5-9-20-13-8-6-7-12(10-13)14(11-17)18-15(19)21-16(2,3)4/h6-8,10,14H,5,9,11,17H2,1-4H3,(H,18,19). The Kier molecular flexibility index (Phi) is 6.49. The summed E-state index contributed by atoms with van der Waals surface area (Å²) in [7, 11) is 0. The Morgan fingerprint density at radius 2 is 2.10 bits per heavy atom. The van der Waals surface area contributed by atoms with E-state index < -0.39 is 11.7 Å². The Balaban J connectivity index is 2.73. The van der Waals surface area contributed by atoms with Crippen LogP contribution >= 0.6 is 0 Å². The summed E-state index contributed by atoms with van der Waals surface area (Å²) in [6, 6.07) is 7.28. The predicted molar refractivity (Wildman–Crippen MR) is 83.4 cm³/mol. The molecule has 0 aromatic heterocycles. The summed E-state index contributed by atoms with van der Waals surface area (Å²) in [5, 5.41) is 2.78. The molecule has 1 amide bonds. The van der Waals surface area contributed by atoms with Crippen molar-refractivity contribution in [3.8, 4) is 5.75 Å². The zero-order chi connectivity index (χ0) is 15.9. The highest BCUT2D eigenvalue weighted by Gasteiger charge is 2.20. The molecule has 1 unspecified atom stereocenters. The number of amides is 1. The number of alkyl carbamates (subject to hydrolysis) is 1. The van der Waals surface area contributed by atoms with Crippen molar-refractivity contribution >= 4 is 6.09 Å². The summed E-state index contributed by atoms with van der Waals surface area (Å²) in [6.45, 7) is 8.47. The second-order valence-electron chi connectivity index (χ2n) is 5.86. The van der Waals surface area contributed by atoms with Gasteiger partial charge in [0, 0.05) is 6.54 Å². The van der Waals surface area contributed by atoms with Crippen LogP contribution in [0.4, 0.5) is 4.79 Å². The van der Waals surface area contributed by atoms with Gasteiger partial charge in [-0.25, -0.2) is 4.79 Å². The number of ether oxygens (including phenoxy) is 2. The molecule has 0 bridgehead atoms. The molecule has 1 aromatic carbocycles. The highest BCUT2D eigenvalue weighted by atomic mass is 16.6. The first kappa shape index (κ1) is 17.3. The summed E-state index contributed by atoms with van der Waals surface area (Å²) in [5.74, 6) is 0.777. The first-order chi connectivity index (χ1) is 9.85. The normalized spacial score (nSPS) is 12.6. The first-order valence-electron chi connectivity index (χ1n) is 7.28. The Labute approximate surface area is 126 Å². The largest absolute Gasteiger partial charge is 0.494 e. The second kappa shape index (κ2) is 7.88. The summed E-state index contributed by atoms with van der Waals surface area (Å²) >= 11 is 0. The molecule has 0 aliphatic rings. The zero-order valence-corrected chi connectivity index (χ0v) is 13.3. The molecule has 0 aliphatic heterocycles.